The monoisotopic (exact) mass is 614 g/mol. The lowest BCUT2D eigenvalue weighted by molar-refractivity contribution is -0.136. The summed E-state index contributed by atoms with van der Waals surface area (Å²) in [5.74, 6) is -1.23. The molecule has 0 fully saturated rings. The molecule has 204 valence electrons. The van der Waals surface area contributed by atoms with Crippen molar-refractivity contribution < 1.29 is 23.9 Å². The van der Waals surface area contributed by atoms with E-state index in [1.165, 1.54) is 6.21 Å². The zero-order chi connectivity index (χ0) is 28.2. The molecule has 39 heavy (non-hydrogen) atoms. The maximum absolute atomic E-state index is 12.4. The Morgan fingerprint density at radius 3 is 2.46 bits per heavy atom. The number of ether oxygens (including phenoxy) is 2. The first-order chi connectivity index (χ1) is 18.7. The highest BCUT2D eigenvalue weighted by Gasteiger charge is 2.14. The molecule has 11 heteroatoms. The van der Waals surface area contributed by atoms with E-state index in [-0.39, 0.29) is 12.5 Å². The van der Waals surface area contributed by atoms with Gasteiger partial charge in [0.25, 0.3) is 5.91 Å². The van der Waals surface area contributed by atoms with Crippen LogP contribution in [0, 0.1) is 6.92 Å². The van der Waals surface area contributed by atoms with Crippen LogP contribution in [0.25, 0.3) is 0 Å². The highest BCUT2D eigenvalue weighted by atomic mass is 79.9. The van der Waals surface area contributed by atoms with Crippen molar-refractivity contribution in [3.63, 3.8) is 0 Å². The van der Waals surface area contributed by atoms with Crippen LogP contribution in [0.2, 0.25) is 5.02 Å². The number of unbranched alkanes of at least 4 members (excludes halogenated alkanes) is 1. The predicted molar refractivity (Wildman–Crippen MR) is 156 cm³/mol. The predicted octanol–water partition coefficient (Wildman–Crippen LogP) is 5.70. The van der Waals surface area contributed by atoms with Crippen LogP contribution in [0.15, 0.2) is 70.2 Å². The van der Waals surface area contributed by atoms with Crippen molar-refractivity contribution in [2.75, 3.05) is 23.8 Å². The van der Waals surface area contributed by atoms with E-state index in [1.54, 1.807) is 48.5 Å². The number of carbonyl (C=O) groups is 3. The maximum Gasteiger partial charge on any atom is 0.329 e. The molecule has 0 saturated heterocycles. The average molecular weight is 616 g/mol. The molecule has 0 aliphatic carbocycles. The van der Waals surface area contributed by atoms with Crippen molar-refractivity contribution in [2.24, 2.45) is 5.10 Å². The molecule has 3 rings (SSSR count). The Morgan fingerprint density at radius 1 is 0.974 bits per heavy atom. The molecular formula is C28H28BrClN4O5. The van der Waals surface area contributed by atoms with E-state index >= 15 is 0 Å². The van der Waals surface area contributed by atoms with Gasteiger partial charge in [-0.05, 0) is 79.6 Å². The van der Waals surface area contributed by atoms with E-state index in [2.05, 4.69) is 44.0 Å². The summed E-state index contributed by atoms with van der Waals surface area (Å²) in [4.78, 5) is 36.8. The number of hydrazone groups is 1. The third kappa shape index (κ3) is 9.73. The van der Waals surface area contributed by atoms with Gasteiger partial charge in [-0.25, -0.2) is 5.43 Å². The molecule has 0 saturated carbocycles. The number of nitrogens with zero attached hydrogens (tertiary/aromatic N) is 1. The van der Waals surface area contributed by atoms with Gasteiger partial charge in [-0.3, -0.25) is 14.4 Å². The minimum absolute atomic E-state index is 0.269. The largest absolute Gasteiger partial charge is 0.494 e. The van der Waals surface area contributed by atoms with Crippen LogP contribution in [0.4, 0.5) is 11.4 Å². The molecular weight excluding hydrogens is 588 g/mol. The van der Waals surface area contributed by atoms with Crippen LogP contribution in [0.3, 0.4) is 0 Å². The summed E-state index contributed by atoms with van der Waals surface area (Å²) in [6.45, 7) is 4.30. The fraction of sp³-hybridized carbons (Fsp3) is 0.214. The molecule has 0 radical (unpaired) electrons. The third-order valence-electron chi connectivity index (χ3n) is 5.25. The Bertz CT molecular complexity index is 1350. The molecule has 3 aromatic rings. The zero-order valence-electron chi connectivity index (χ0n) is 21.4. The molecule has 0 bridgehead atoms. The summed E-state index contributed by atoms with van der Waals surface area (Å²) in [6, 6.07) is 16.9. The fourth-order valence-corrected chi connectivity index (χ4v) is 3.87. The van der Waals surface area contributed by atoms with Crippen molar-refractivity contribution in [3.05, 3.63) is 81.3 Å². The van der Waals surface area contributed by atoms with E-state index in [0.29, 0.717) is 40.1 Å². The second kappa shape index (κ2) is 14.9. The van der Waals surface area contributed by atoms with Crippen molar-refractivity contribution in [3.8, 4) is 11.5 Å². The SMILES string of the molecule is CCCCOc1ccc(NC(=O)C(=O)N/N=C\c2cc(Cl)ccc2OCC(=O)Nc2ccc(Br)cc2C)cc1. The number of nitrogens with one attached hydrogen (secondary N) is 3. The summed E-state index contributed by atoms with van der Waals surface area (Å²) < 4.78 is 12.1. The Balaban J connectivity index is 1.53. The van der Waals surface area contributed by atoms with Gasteiger partial charge >= 0.3 is 11.8 Å². The number of benzene rings is 3. The van der Waals surface area contributed by atoms with Crippen LogP contribution in [-0.2, 0) is 14.4 Å². The van der Waals surface area contributed by atoms with E-state index in [1.807, 2.05) is 19.1 Å². The average Bonchev–Trinajstić information content (AvgIpc) is 2.91. The van der Waals surface area contributed by atoms with Gasteiger partial charge in [-0.15, -0.1) is 0 Å². The summed E-state index contributed by atoms with van der Waals surface area (Å²) in [5, 5.41) is 9.50. The lowest BCUT2D eigenvalue weighted by Crippen LogP contribution is -2.32. The highest BCUT2D eigenvalue weighted by Crippen LogP contribution is 2.23. The van der Waals surface area contributed by atoms with Crippen LogP contribution in [0.1, 0.15) is 30.9 Å². The molecule has 0 atom stereocenters. The van der Waals surface area contributed by atoms with Crippen LogP contribution < -0.4 is 25.5 Å². The standard InChI is InChI=1S/C28H28BrClN4O5/c1-3-4-13-38-23-9-7-22(8-10-23)32-27(36)28(37)34-31-16-19-15-21(30)6-12-25(19)39-17-26(35)33-24-11-5-20(29)14-18(24)2/h5-12,14-16H,3-4,13,17H2,1-2H3,(H,32,36)(H,33,35)(H,34,37)/b31-16-. The van der Waals surface area contributed by atoms with Crippen molar-refractivity contribution in [1.82, 2.24) is 5.43 Å². The molecule has 9 nitrogen and oxygen atoms in total. The molecule has 3 amide bonds. The lowest BCUT2D eigenvalue weighted by atomic mass is 10.2. The summed E-state index contributed by atoms with van der Waals surface area (Å²) in [7, 11) is 0. The number of rotatable bonds is 11. The van der Waals surface area contributed by atoms with Gasteiger partial charge in [0.1, 0.15) is 11.5 Å². The van der Waals surface area contributed by atoms with Gasteiger partial charge < -0.3 is 20.1 Å². The number of carbonyl (C=O) groups excluding carboxylic acids is 3. The molecule has 0 aliphatic heterocycles. The molecule has 3 N–H and O–H groups in total. The van der Waals surface area contributed by atoms with Gasteiger partial charge in [0.2, 0.25) is 0 Å². The second-order valence-electron chi connectivity index (χ2n) is 8.36. The smallest absolute Gasteiger partial charge is 0.329 e. The fourth-order valence-electron chi connectivity index (χ4n) is 3.22. The topological polar surface area (TPSA) is 118 Å². The van der Waals surface area contributed by atoms with Crippen LogP contribution in [0.5, 0.6) is 11.5 Å². The lowest BCUT2D eigenvalue weighted by Gasteiger charge is -2.11. The molecule has 0 unspecified atom stereocenters. The summed E-state index contributed by atoms with van der Waals surface area (Å²) in [5.41, 5.74) is 4.56. The van der Waals surface area contributed by atoms with Crippen LogP contribution in [-0.4, -0.2) is 37.1 Å². The Morgan fingerprint density at radius 2 is 1.74 bits per heavy atom. The quantitative estimate of drug-likeness (QED) is 0.111. The van der Waals surface area contributed by atoms with Gasteiger partial charge in [0, 0.05) is 26.4 Å². The van der Waals surface area contributed by atoms with Crippen molar-refractivity contribution in [1.29, 1.82) is 0 Å². The van der Waals surface area contributed by atoms with E-state index in [9.17, 15) is 14.4 Å². The first kappa shape index (κ1) is 29.7. The Hall–Kier alpha value is -3.89. The van der Waals surface area contributed by atoms with Gasteiger partial charge in [0.05, 0.1) is 12.8 Å². The molecule has 3 aromatic carbocycles. The number of halogens is 2. The minimum atomic E-state index is -0.969. The Kier molecular flexibility index (Phi) is 11.3. The normalized spacial score (nSPS) is 10.7. The molecule has 0 aliphatic rings. The molecule has 0 aromatic heterocycles. The van der Waals surface area contributed by atoms with Crippen LogP contribution >= 0.6 is 27.5 Å². The van der Waals surface area contributed by atoms with Crippen molar-refractivity contribution >= 4 is 62.8 Å². The maximum atomic E-state index is 12.4. The second-order valence-corrected chi connectivity index (χ2v) is 9.71. The first-order valence-electron chi connectivity index (χ1n) is 12.1. The first-order valence-corrected chi connectivity index (χ1v) is 13.3. The number of anilines is 2. The highest BCUT2D eigenvalue weighted by molar-refractivity contribution is 9.10. The number of amides is 3. The third-order valence-corrected chi connectivity index (χ3v) is 5.98. The summed E-state index contributed by atoms with van der Waals surface area (Å²) in [6.07, 6.45) is 3.25. The summed E-state index contributed by atoms with van der Waals surface area (Å²) >= 11 is 9.47. The van der Waals surface area contributed by atoms with Gasteiger partial charge in [-0.1, -0.05) is 40.9 Å². The van der Waals surface area contributed by atoms with E-state index < -0.39 is 11.8 Å². The van der Waals surface area contributed by atoms with Gasteiger partial charge in [0.15, 0.2) is 6.61 Å². The molecule has 0 spiro atoms. The molecule has 0 heterocycles. The Labute approximate surface area is 240 Å². The van der Waals surface area contributed by atoms with E-state index in [0.717, 1.165) is 22.9 Å². The van der Waals surface area contributed by atoms with Crippen molar-refractivity contribution in [2.45, 2.75) is 26.7 Å². The minimum Gasteiger partial charge on any atom is -0.494 e. The number of hydrogen-bond acceptors (Lipinski definition) is 6. The van der Waals surface area contributed by atoms with E-state index in [4.69, 9.17) is 21.1 Å². The van der Waals surface area contributed by atoms with Gasteiger partial charge in [-0.2, -0.15) is 5.10 Å². The number of aryl methyl sites for hydroxylation is 1. The number of hydrogen-bond donors (Lipinski definition) is 3. The zero-order valence-corrected chi connectivity index (χ0v) is 23.8.